The summed E-state index contributed by atoms with van der Waals surface area (Å²) in [5.41, 5.74) is 6.12. The van der Waals surface area contributed by atoms with E-state index >= 15 is 0 Å². The molecule has 2 rings (SSSR count). The van der Waals surface area contributed by atoms with Crippen LogP contribution in [-0.4, -0.2) is 44.0 Å². The Morgan fingerprint density at radius 1 is 1.50 bits per heavy atom. The van der Waals surface area contributed by atoms with Gasteiger partial charge in [-0.05, 0) is 25.0 Å². The molecule has 0 aromatic heterocycles. The summed E-state index contributed by atoms with van der Waals surface area (Å²) in [6, 6.07) is 6.54. The molecular formula is C13H18N2O3S2. The number of methoxy groups -OCH3 is 1. The van der Waals surface area contributed by atoms with Crippen molar-refractivity contribution >= 4 is 27.2 Å². The van der Waals surface area contributed by atoms with Crippen molar-refractivity contribution in [3.8, 4) is 0 Å². The van der Waals surface area contributed by atoms with Crippen molar-refractivity contribution in [3.05, 3.63) is 29.8 Å². The number of rotatable bonds is 7. The molecule has 0 aliphatic heterocycles. The van der Waals surface area contributed by atoms with Crippen molar-refractivity contribution in [2.45, 2.75) is 23.8 Å². The maximum Gasteiger partial charge on any atom is 0.243 e. The monoisotopic (exact) mass is 314 g/mol. The predicted octanol–water partition coefficient (Wildman–Crippen LogP) is 1.12. The van der Waals surface area contributed by atoms with Crippen LogP contribution in [0.15, 0.2) is 29.2 Å². The van der Waals surface area contributed by atoms with Gasteiger partial charge in [0.15, 0.2) is 0 Å². The maximum atomic E-state index is 12.7. The highest BCUT2D eigenvalue weighted by molar-refractivity contribution is 7.89. The van der Waals surface area contributed by atoms with E-state index in [1.54, 1.807) is 25.3 Å². The van der Waals surface area contributed by atoms with E-state index in [4.69, 9.17) is 22.7 Å². The lowest BCUT2D eigenvalue weighted by molar-refractivity contribution is 0.177. The summed E-state index contributed by atoms with van der Waals surface area (Å²) in [6.45, 7) is 0.742. The van der Waals surface area contributed by atoms with E-state index < -0.39 is 10.0 Å². The van der Waals surface area contributed by atoms with Crippen LogP contribution in [0.5, 0.6) is 0 Å². The molecule has 1 aromatic carbocycles. The summed E-state index contributed by atoms with van der Waals surface area (Å²) in [6.07, 6.45) is 1.80. The third kappa shape index (κ3) is 3.35. The highest BCUT2D eigenvalue weighted by atomic mass is 32.2. The maximum absolute atomic E-state index is 12.7. The number of hydrogen-bond donors (Lipinski definition) is 1. The Balaban J connectivity index is 2.32. The van der Waals surface area contributed by atoms with Gasteiger partial charge in [-0.25, -0.2) is 8.42 Å². The van der Waals surface area contributed by atoms with Gasteiger partial charge in [-0.1, -0.05) is 24.4 Å². The van der Waals surface area contributed by atoms with Crippen molar-refractivity contribution in [2.24, 2.45) is 5.73 Å². The number of nitrogens with two attached hydrogens (primary N) is 1. The summed E-state index contributed by atoms with van der Waals surface area (Å²) in [5, 5.41) is 0. The van der Waals surface area contributed by atoms with E-state index in [0.717, 1.165) is 12.8 Å². The van der Waals surface area contributed by atoms with Gasteiger partial charge in [0.2, 0.25) is 10.0 Å². The molecule has 0 radical (unpaired) electrons. The molecule has 1 fully saturated rings. The Bertz CT molecular complexity index is 597. The minimum Gasteiger partial charge on any atom is -0.389 e. The van der Waals surface area contributed by atoms with Crippen molar-refractivity contribution in [2.75, 3.05) is 20.3 Å². The zero-order valence-electron chi connectivity index (χ0n) is 11.3. The molecule has 0 bridgehead atoms. The fourth-order valence-electron chi connectivity index (χ4n) is 1.99. The number of thiocarbonyl (C=S) groups is 1. The first-order valence-corrected chi connectivity index (χ1v) is 8.22. The van der Waals surface area contributed by atoms with E-state index in [-0.39, 0.29) is 15.9 Å². The van der Waals surface area contributed by atoms with E-state index in [9.17, 15) is 8.42 Å². The van der Waals surface area contributed by atoms with Crippen molar-refractivity contribution in [1.29, 1.82) is 0 Å². The molecule has 1 aliphatic carbocycles. The van der Waals surface area contributed by atoms with Crippen molar-refractivity contribution in [1.82, 2.24) is 4.31 Å². The zero-order valence-corrected chi connectivity index (χ0v) is 12.9. The molecule has 0 unspecified atom stereocenters. The van der Waals surface area contributed by atoms with Gasteiger partial charge >= 0.3 is 0 Å². The normalized spacial score (nSPS) is 15.5. The lowest BCUT2D eigenvalue weighted by Crippen LogP contribution is -2.36. The molecule has 0 amide bonds. The Morgan fingerprint density at radius 3 is 2.75 bits per heavy atom. The quantitative estimate of drug-likeness (QED) is 0.764. The second kappa shape index (κ2) is 6.17. The first-order valence-electron chi connectivity index (χ1n) is 6.37. The van der Waals surface area contributed by atoms with Crippen LogP contribution in [0.25, 0.3) is 0 Å². The molecule has 0 atom stereocenters. The van der Waals surface area contributed by atoms with Gasteiger partial charge < -0.3 is 10.5 Å². The molecule has 0 saturated heterocycles. The van der Waals surface area contributed by atoms with Gasteiger partial charge in [0.1, 0.15) is 4.99 Å². The summed E-state index contributed by atoms with van der Waals surface area (Å²) in [5.74, 6) is 0. The second-order valence-electron chi connectivity index (χ2n) is 4.73. The van der Waals surface area contributed by atoms with E-state index in [0.29, 0.717) is 18.7 Å². The van der Waals surface area contributed by atoms with Crippen LogP contribution in [0.1, 0.15) is 18.4 Å². The van der Waals surface area contributed by atoms with E-state index in [2.05, 4.69) is 0 Å². The van der Waals surface area contributed by atoms with Crippen LogP contribution in [-0.2, 0) is 14.8 Å². The number of nitrogens with zero attached hydrogens (tertiary/aromatic N) is 1. The summed E-state index contributed by atoms with van der Waals surface area (Å²) < 4.78 is 31.9. The Hall–Kier alpha value is -1.02. The van der Waals surface area contributed by atoms with E-state index in [1.165, 1.54) is 10.4 Å². The molecular weight excluding hydrogens is 296 g/mol. The van der Waals surface area contributed by atoms with Gasteiger partial charge in [-0.3, -0.25) is 0 Å². The Kier molecular flexibility index (Phi) is 4.74. The summed E-state index contributed by atoms with van der Waals surface area (Å²) in [4.78, 5) is 0.419. The highest BCUT2D eigenvalue weighted by Crippen LogP contribution is 2.31. The summed E-state index contributed by atoms with van der Waals surface area (Å²) >= 11 is 4.89. The minimum absolute atomic E-state index is 0.0867. The highest BCUT2D eigenvalue weighted by Gasteiger charge is 2.37. The van der Waals surface area contributed by atoms with Gasteiger partial charge in [-0.2, -0.15) is 4.31 Å². The van der Waals surface area contributed by atoms with Crippen LogP contribution in [0.2, 0.25) is 0 Å². The number of hydrogen-bond acceptors (Lipinski definition) is 4. The Labute approximate surface area is 124 Å². The van der Waals surface area contributed by atoms with E-state index in [1.807, 2.05) is 0 Å². The van der Waals surface area contributed by atoms with Gasteiger partial charge in [-0.15, -0.1) is 0 Å². The lowest BCUT2D eigenvalue weighted by atomic mass is 10.2. The fraction of sp³-hybridized carbons (Fsp3) is 0.462. The third-order valence-electron chi connectivity index (χ3n) is 3.20. The first-order chi connectivity index (χ1) is 9.46. The molecule has 1 saturated carbocycles. The minimum atomic E-state index is -3.53. The van der Waals surface area contributed by atoms with Crippen LogP contribution in [0.4, 0.5) is 0 Å². The van der Waals surface area contributed by atoms with Crippen molar-refractivity contribution in [3.63, 3.8) is 0 Å². The molecule has 0 heterocycles. The number of ether oxygens (including phenoxy) is 1. The van der Waals surface area contributed by atoms with Crippen LogP contribution >= 0.6 is 12.2 Å². The van der Waals surface area contributed by atoms with Gasteiger partial charge in [0.05, 0.1) is 11.5 Å². The molecule has 0 spiro atoms. The zero-order chi connectivity index (χ0) is 14.8. The third-order valence-corrected chi connectivity index (χ3v) is 5.38. The molecule has 20 heavy (non-hydrogen) atoms. The molecule has 2 N–H and O–H groups in total. The van der Waals surface area contributed by atoms with Gasteiger partial charge in [0, 0.05) is 25.3 Å². The summed E-state index contributed by atoms with van der Waals surface area (Å²) in [7, 11) is -1.97. The average Bonchev–Trinajstić information content (AvgIpc) is 3.23. The van der Waals surface area contributed by atoms with Gasteiger partial charge in [0.25, 0.3) is 0 Å². The van der Waals surface area contributed by atoms with Crippen LogP contribution in [0.3, 0.4) is 0 Å². The standard InChI is InChI=1S/C13H18N2O3S2/c1-18-8-7-15(11-5-6-11)20(16,17)12-4-2-3-10(9-12)13(14)19/h2-4,9,11H,5-8H2,1H3,(H2,14,19). The largest absolute Gasteiger partial charge is 0.389 e. The molecule has 5 nitrogen and oxygen atoms in total. The number of benzene rings is 1. The predicted molar refractivity (Wildman–Crippen MR) is 81.1 cm³/mol. The van der Waals surface area contributed by atoms with Crippen LogP contribution < -0.4 is 5.73 Å². The molecule has 110 valence electrons. The smallest absolute Gasteiger partial charge is 0.243 e. The fourth-order valence-corrected chi connectivity index (χ4v) is 3.83. The van der Waals surface area contributed by atoms with Crippen LogP contribution in [0, 0.1) is 0 Å². The molecule has 1 aliphatic rings. The van der Waals surface area contributed by atoms with Crippen molar-refractivity contribution < 1.29 is 13.2 Å². The second-order valence-corrected chi connectivity index (χ2v) is 7.06. The molecule has 7 heteroatoms. The SMILES string of the molecule is COCCN(C1CC1)S(=O)(=O)c1cccc(C(N)=S)c1. The topological polar surface area (TPSA) is 72.6 Å². The first kappa shape index (κ1) is 15.4. The average molecular weight is 314 g/mol. The molecule has 1 aromatic rings. The lowest BCUT2D eigenvalue weighted by Gasteiger charge is -2.21. The Morgan fingerprint density at radius 2 is 2.20 bits per heavy atom. The number of sulfonamides is 1.